The Morgan fingerprint density at radius 3 is 2.60 bits per heavy atom. The van der Waals surface area contributed by atoms with Gasteiger partial charge in [0.1, 0.15) is 15.9 Å². The number of hydrogen-bond donors (Lipinski definition) is 3. The first-order valence-corrected chi connectivity index (χ1v) is 6.26. The quantitative estimate of drug-likeness (QED) is 0.710. The molecular formula is C11H11BrN4O4. The van der Waals surface area contributed by atoms with Crippen molar-refractivity contribution in [2.45, 2.75) is 0 Å². The molecule has 106 valence electrons. The van der Waals surface area contributed by atoms with Crippen molar-refractivity contribution in [2.24, 2.45) is 14.1 Å². The van der Waals surface area contributed by atoms with Gasteiger partial charge in [0.05, 0.1) is 5.69 Å². The van der Waals surface area contributed by atoms with Crippen LogP contribution in [-0.2, 0) is 14.1 Å². The van der Waals surface area contributed by atoms with Gasteiger partial charge in [0.15, 0.2) is 0 Å². The summed E-state index contributed by atoms with van der Waals surface area (Å²) in [5.74, 6) is -0.317. The van der Waals surface area contributed by atoms with Crippen LogP contribution in [-0.4, -0.2) is 19.5 Å². The number of H-pyrrole nitrogens is 1. The Morgan fingerprint density at radius 2 is 1.95 bits per heavy atom. The standard InChI is InChI=1S/C11H11BrN4O4/c1-15-4-5(6(17)3-7(15)18)13-9-8(12)10(19)14-16(2)11(9)20/h3-4,13,17H,1-2H3,(H,14,19). The van der Waals surface area contributed by atoms with Crippen LogP contribution in [0, 0.1) is 0 Å². The average Bonchev–Trinajstić information content (AvgIpc) is 2.38. The molecule has 0 aliphatic carbocycles. The summed E-state index contributed by atoms with van der Waals surface area (Å²) in [4.78, 5) is 34.9. The van der Waals surface area contributed by atoms with Crippen molar-refractivity contribution >= 4 is 27.3 Å². The molecule has 8 nitrogen and oxygen atoms in total. The van der Waals surface area contributed by atoms with Gasteiger partial charge in [0.25, 0.3) is 16.7 Å². The van der Waals surface area contributed by atoms with Gasteiger partial charge in [-0.1, -0.05) is 0 Å². The molecule has 2 aromatic rings. The first kappa shape index (κ1) is 14.1. The Hall–Kier alpha value is -2.29. The van der Waals surface area contributed by atoms with Crippen LogP contribution in [0.2, 0.25) is 0 Å². The van der Waals surface area contributed by atoms with Crippen molar-refractivity contribution in [2.75, 3.05) is 5.32 Å². The van der Waals surface area contributed by atoms with Crippen LogP contribution >= 0.6 is 15.9 Å². The summed E-state index contributed by atoms with van der Waals surface area (Å²) in [7, 11) is 2.89. The second-order valence-electron chi connectivity index (χ2n) is 4.14. The first-order chi connectivity index (χ1) is 9.31. The minimum Gasteiger partial charge on any atom is -0.506 e. The molecule has 0 radical (unpaired) electrons. The number of pyridine rings is 1. The number of nitrogens with zero attached hydrogens (tertiary/aromatic N) is 2. The minimum absolute atomic E-state index is 0.00820. The lowest BCUT2D eigenvalue weighted by Crippen LogP contribution is -2.30. The molecule has 0 aliphatic rings. The predicted octanol–water partition coefficient (Wildman–Crippen LogP) is -0.0160. The van der Waals surface area contributed by atoms with E-state index in [2.05, 4.69) is 26.3 Å². The van der Waals surface area contributed by atoms with Gasteiger partial charge in [-0.2, -0.15) is 0 Å². The Bertz CT molecular complexity index is 849. The van der Waals surface area contributed by atoms with Crippen LogP contribution in [0.4, 0.5) is 11.4 Å². The second kappa shape index (κ2) is 5.00. The topological polar surface area (TPSA) is 109 Å². The highest BCUT2D eigenvalue weighted by Crippen LogP contribution is 2.25. The zero-order valence-corrected chi connectivity index (χ0v) is 12.2. The van der Waals surface area contributed by atoms with E-state index in [1.807, 2.05) is 0 Å². The zero-order valence-electron chi connectivity index (χ0n) is 10.6. The van der Waals surface area contributed by atoms with E-state index in [0.717, 1.165) is 10.7 Å². The Balaban J connectivity index is 2.62. The van der Waals surface area contributed by atoms with Crippen molar-refractivity contribution in [3.05, 3.63) is 47.8 Å². The van der Waals surface area contributed by atoms with Gasteiger partial charge in [0.2, 0.25) is 0 Å². The van der Waals surface area contributed by atoms with Crippen molar-refractivity contribution in [1.29, 1.82) is 0 Å². The summed E-state index contributed by atoms with van der Waals surface area (Å²) in [5, 5.41) is 14.7. The van der Waals surface area contributed by atoms with E-state index < -0.39 is 16.7 Å². The van der Waals surface area contributed by atoms with Gasteiger partial charge in [-0.3, -0.25) is 24.2 Å². The molecule has 20 heavy (non-hydrogen) atoms. The summed E-state index contributed by atoms with van der Waals surface area (Å²) in [5.41, 5.74) is -1.30. The largest absolute Gasteiger partial charge is 0.506 e. The molecule has 0 saturated carbocycles. The van der Waals surface area contributed by atoms with Gasteiger partial charge in [-0.25, -0.2) is 0 Å². The Labute approximate surface area is 120 Å². The van der Waals surface area contributed by atoms with E-state index in [9.17, 15) is 19.5 Å². The fourth-order valence-corrected chi connectivity index (χ4v) is 1.94. The molecule has 3 N–H and O–H groups in total. The Kier molecular flexibility index (Phi) is 3.53. The molecule has 0 spiro atoms. The molecule has 9 heteroatoms. The molecular weight excluding hydrogens is 332 g/mol. The molecule has 2 heterocycles. The summed E-state index contributed by atoms with van der Waals surface area (Å²) < 4.78 is 2.25. The van der Waals surface area contributed by atoms with Gasteiger partial charge in [-0.15, -0.1) is 0 Å². The first-order valence-electron chi connectivity index (χ1n) is 5.46. The van der Waals surface area contributed by atoms with Crippen molar-refractivity contribution in [1.82, 2.24) is 14.3 Å². The van der Waals surface area contributed by atoms with E-state index in [0.29, 0.717) is 0 Å². The molecule has 0 fully saturated rings. The minimum atomic E-state index is -0.501. The monoisotopic (exact) mass is 342 g/mol. The number of aromatic nitrogens is 3. The van der Waals surface area contributed by atoms with E-state index >= 15 is 0 Å². The predicted molar refractivity (Wildman–Crippen MR) is 76.6 cm³/mol. The maximum Gasteiger partial charge on any atom is 0.289 e. The van der Waals surface area contributed by atoms with E-state index in [-0.39, 0.29) is 21.6 Å². The van der Waals surface area contributed by atoms with Crippen LogP contribution in [0.25, 0.3) is 0 Å². The van der Waals surface area contributed by atoms with E-state index in [1.165, 1.54) is 24.9 Å². The number of aryl methyl sites for hydroxylation is 2. The number of nitrogens with one attached hydrogen (secondary N) is 2. The number of anilines is 2. The number of halogens is 1. The van der Waals surface area contributed by atoms with Gasteiger partial charge < -0.3 is 15.0 Å². The van der Waals surface area contributed by atoms with Crippen LogP contribution in [0.3, 0.4) is 0 Å². The SMILES string of the molecule is Cn1cc(Nc2c(Br)c(=O)[nH]n(C)c2=O)c(O)cc1=O. The molecule has 0 amide bonds. The number of rotatable bonds is 2. The van der Waals surface area contributed by atoms with Crippen LogP contribution in [0.15, 0.2) is 31.1 Å². The maximum absolute atomic E-state index is 12.0. The molecule has 0 bridgehead atoms. The molecule has 0 aliphatic heterocycles. The van der Waals surface area contributed by atoms with Crippen LogP contribution < -0.4 is 22.0 Å². The molecule has 0 aromatic carbocycles. The zero-order chi connectivity index (χ0) is 15.0. The summed E-state index contributed by atoms with van der Waals surface area (Å²) in [6.07, 6.45) is 1.32. The molecule has 2 rings (SSSR count). The van der Waals surface area contributed by atoms with Crippen LogP contribution in [0.5, 0.6) is 5.75 Å². The third-order valence-corrected chi connectivity index (χ3v) is 3.43. The lowest BCUT2D eigenvalue weighted by atomic mass is 10.3. The Morgan fingerprint density at radius 1 is 1.30 bits per heavy atom. The smallest absolute Gasteiger partial charge is 0.289 e. The molecule has 0 unspecified atom stereocenters. The lowest BCUT2D eigenvalue weighted by molar-refractivity contribution is 0.474. The average molecular weight is 343 g/mol. The maximum atomic E-state index is 12.0. The summed E-state index contributed by atoms with van der Waals surface area (Å²) in [6.45, 7) is 0. The van der Waals surface area contributed by atoms with Crippen LogP contribution in [0.1, 0.15) is 0 Å². The highest BCUT2D eigenvalue weighted by atomic mass is 79.9. The summed E-state index contributed by atoms with van der Waals surface area (Å²) in [6, 6.07) is 1.01. The molecule has 2 aromatic heterocycles. The third kappa shape index (κ3) is 2.39. The number of aromatic hydroxyl groups is 1. The van der Waals surface area contributed by atoms with E-state index in [4.69, 9.17) is 0 Å². The normalized spacial score (nSPS) is 10.6. The third-order valence-electron chi connectivity index (χ3n) is 2.67. The highest BCUT2D eigenvalue weighted by Gasteiger charge is 2.14. The van der Waals surface area contributed by atoms with Crippen molar-refractivity contribution in [3.8, 4) is 5.75 Å². The number of hydrogen-bond acceptors (Lipinski definition) is 5. The fraction of sp³-hybridized carbons (Fsp3) is 0.182. The van der Waals surface area contributed by atoms with E-state index in [1.54, 1.807) is 0 Å². The summed E-state index contributed by atoms with van der Waals surface area (Å²) >= 11 is 3.01. The second-order valence-corrected chi connectivity index (χ2v) is 4.93. The van der Waals surface area contributed by atoms with Crippen molar-refractivity contribution in [3.63, 3.8) is 0 Å². The lowest BCUT2D eigenvalue weighted by Gasteiger charge is -2.11. The molecule has 0 atom stereocenters. The number of aromatic amines is 1. The van der Waals surface area contributed by atoms with Gasteiger partial charge in [0, 0.05) is 26.4 Å². The van der Waals surface area contributed by atoms with Crippen molar-refractivity contribution < 1.29 is 5.11 Å². The van der Waals surface area contributed by atoms with Gasteiger partial charge in [-0.05, 0) is 15.9 Å². The molecule has 0 saturated heterocycles. The van der Waals surface area contributed by atoms with Gasteiger partial charge >= 0.3 is 0 Å². The fourth-order valence-electron chi connectivity index (χ4n) is 1.59. The highest BCUT2D eigenvalue weighted by molar-refractivity contribution is 9.10.